The van der Waals surface area contributed by atoms with Gasteiger partial charge >= 0.3 is 0 Å². The molecular formula is C13H20BrClN2O. The average Bonchev–Trinajstić information content (AvgIpc) is 2.26. The topological polar surface area (TPSA) is 46.3 Å². The fraction of sp³-hybridized carbons (Fsp3) is 0.462. The molecule has 0 bridgehead atoms. The Bertz CT molecular complexity index is 398. The summed E-state index contributed by atoms with van der Waals surface area (Å²) in [6.45, 7) is 4.33. The van der Waals surface area contributed by atoms with E-state index in [-0.39, 0.29) is 30.3 Å². The van der Waals surface area contributed by atoms with Gasteiger partial charge in [-0.2, -0.15) is 0 Å². The predicted molar refractivity (Wildman–Crippen MR) is 80.7 cm³/mol. The molecule has 1 aromatic rings. The first kappa shape index (κ1) is 17.4. The molecule has 0 aromatic heterocycles. The number of halogens is 2. The Labute approximate surface area is 123 Å². The van der Waals surface area contributed by atoms with Gasteiger partial charge in [-0.1, -0.05) is 35.0 Å². The number of nitrogens with two attached hydrogens (primary N) is 1. The van der Waals surface area contributed by atoms with Gasteiger partial charge in [-0.3, -0.25) is 4.79 Å². The molecule has 1 rings (SSSR count). The molecule has 2 unspecified atom stereocenters. The first-order valence-electron chi connectivity index (χ1n) is 5.67. The maximum atomic E-state index is 12.0. The van der Waals surface area contributed by atoms with Crippen LogP contribution in [0.1, 0.15) is 19.4 Å². The minimum atomic E-state index is -0.146. The van der Waals surface area contributed by atoms with Gasteiger partial charge in [0.25, 0.3) is 0 Å². The van der Waals surface area contributed by atoms with Crippen LogP contribution in [-0.2, 0) is 11.3 Å². The summed E-state index contributed by atoms with van der Waals surface area (Å²) in [5, 5.41) is 0. The van der Waals surface area contributed by atoms with Crippen LogP contribution >= 0.6 is 28.3 Å². The third-order valence-electron chi connectivity index (χ3n) is 2.86. The maximum absolute atomic E-state index is 12.0. The monoisotopic (exact) mass is 334 g/mol. The molecule has 0 spiro atoms. The Kier molecular flexibility index (Phi) is 7.52. The zero-order chi connectivity index (χ0) is 13.0. The molecule has 0 aliphatic carbocycles. The molecule has 0 aliphatic rings. The van der Waals surface area contributed by atoms with E-state index in [4.69, 9.17) is 5.73 Å². The lowest BCUT2D eigenvalue weighted by molar-refractivity contribution is -0.134. The first-order valence-corrected chi connectivity index (χ1v) is 6.46. The van der Waals surface area contributed by atoms with Crippen molar-refractivity contribution in [3.05, 3.63) is 34.3 Å². The highest BCUT2D eigenvalue weighted by Crippen LogP contribution is 2.14. The number of carbonyl (C=O) groups is 1. The Morgan fingerprint density at radius 1 is 1.44 bits per heavy atom. The van der Waals surface area contributed by atoms with Crippen molar-refractivity contribution < 1.29 is 4.79 Å². The van der Waals surface area contributed by atoms with Crippen molar-refractivity contribution in [2.75, 3.05) is 7.05 Å². The molecule has 1 amide bonds. The standard InChI is InChI=1S/C13H19BrN2O.ClH/c1-9(10(2)15)13(17)16(3)8-11-5-4-6-12(14)7-11;/h4-7,9-10H,8,15H2,1-3H3;1H. The molecule has 0 aliphatic heterocycles. The second-order valence-corrected chi connectivity index (χ2v) is 5.39. The minimum Gasteiger partial charge on any atom is -0.341 e. The summed E-state index contributed by atoms with van der Waals surface area (Å²) in [6, 6.07) is 7.83. The Hall–Kier alpha value is -0.580. The number of hydrogen-bond donors (Lipinski definition) is 1. The molecule has 18 heavy (non-hydrogen) atoms. The second kappa shape index (κ2) is 7.77. The van der Waals surface area contributed by atoms with E-state index in [1.54, 1.807) is 4.90 Å². The number of hydrogen-bond acceptors (Lipinski definition) is 2. The van der Waals surface area contributed by atoms with Gasteiger partial charge in [-0.15, -0.1) is 12.4 Å². The molecule has 3 nitrogen and oxygen atoms in total. The summed E-state index contributed by atoms with van der Waals surface area (Å²) in [5.74, 6) is -0.0628. The Morgan fingerprint density at radius 2 is 2.06 bits per heavy atom. The van der Waals surface area contributed by atoms with Crippen LogP contribution < -0.4 is 5.73 Å². The fourth-order valence-electron chi connectivity index (χ4n) is 1.56. The number of rotatable bonds is 4. The van der Waals surface area contributed by atoms with Crippen LogP contribution in [0.25, 0.3) is 0 Å². The van der Waals surface area contributed by atoms with Gasteiger partial charge in [0.15, 0.2) is 0 Å². The number of carbonyl (C=O) groups excluding carboxylic acids is 1. The van der Waals surface area contributed by atoms with Crippen molar-refractivity contribution in [3.8, 4) is 0 Å². The molecule has 5 heteroatoms. The zero-order valence-corrected chi connectivity index (χ0v) is 13.3. The second-order valence-electron chi connectivity index (χ2n) is 4.47. The smallest absolute Gasteiger partial charge is 0.226 e. The van der Waals surface area contributed by atoms with Gasteiger partial charge in [0, 0.05) is 24.1 Å². The van der Waals surface area contributed by atoms with Crippen LogP contribution in [-0.4, -0.2) is 23.9 Å². The first-order chi connectivity index (χ1) is 7.91. The Balaban J connectivity index is 0.00000289. The van der Waals surface area contributed by atoms with E-state index in [0.29, 0.717) is 6.54 Å². The van der Waals surface area contributed by atoms with Crippen molar-refractivity contribution in [2.45, 2.75) is 26.4 Å². The summed E-state index contributed by atoms with van der Waals surface area (Å²) in [4.78, 5) is 13.7. The van der Waals surface area contributed by atoms with Crippen LogP contribution in [0.2, 0.25) is 0 Å². The van der Waals surface area contributed by atoms with E-state index >= 15 is 0 Å². The molecule has 102 valence electrons. The third-order valence-corrected chi connectivity index (χ3v) is 3.36. The van der Waals surface area contributed by atoms with Crippen LogP contribution in [0, 0.1) is 5.92 Å². The van der Waals surface area contributed by atoms with E-state index < -0.39 is 0 Å². The predicted octanol–water partition coefficient (Wildman–Crippen LogP) is 2.81. The summed E-state index contributed by atoms with van der Waals surface area (Å²) in [5.41, 5.74) is 6.84. The quantitative estimate of drug-likeness (QED) is 0.919. The van der Waals surface area contributed by atoms with E-state index in [2.05, 4.69) is 15.9 Å². The van der Waals surface area contributed by atoms with E-state index in [0.717, 1.165) is 10.0 Å². The molecule has 2 N–H and O–H groups in total. The minimum absolute atomic E-state index is 0. The van der Waals surface area contributed by atoms with Crippen molar-refractivity contribution in [1.29, 1.82) is 0 Å². The van der Waals surface area contributed by atoms with Gasteiger partial charge in [0.05, 0.1) is 5.92 Å². The highest BCUT2D eigenvalue weighted by atomic mass is 79.9. The molecule has 1 aromatic carbocycles. The summed E-state index contributed by atoms with van der Waals surface area (Å²) in [7, 11) is 1.81. The molecule has 0 saturated carbocycles. The Morgan fingerprint density at radius 3 is 2.56 bits per heavy atom. The van der Waals surface area contributed by atoms with E-state index in [9.17, 15) is 4.79 Å². The fourth-order valence-corrected chi connectivity index (χ4v) is 2.01. The zero-order valence-electron chi connectivity index (χ0n) is 10.9. The average molecular weight is 336 g/mol. The summed E-state index contributed by atoms with van der Waals surface area (Å²) < 4.78 is 1.02. The van der Waals surface area contributed by atoms with Gasteiger partial charge in [0.1, 0.15) is 0 Å². The highest BCUT2D eigenvalue weighted by Gasteiger charge is 2.20. The summed E-state index contributed by atoms with van der Waals surface area (Å²) >= 11 is 3.42. The molecule has 2 atom stereocenters. The van der Waals surface area contributed by atoms with Gasteiger partial charge < -0.3 is 10.6 Å². The van der Waals surface area contributed by atoms with Crippen molar-refractivity contribution in [3.63, 3.8) is 0 Å². The van der Waals surface area contributed by atoms with Gasteiger partial charge in [0.2, 0.25) is 5.91 Å². The third kappa shape index (κ3) is 4.96. The SMILES string of the molecule is CC(N)C(C)C(=O)N(C)Cc1cccc(Br)c1.Cl. The molecule has 0 fully saturated rings. The van der Waals surface area contributed by atoms with Crippen LogP contribution in [0.3, 0.4) is 0 Å². The van der Waals surface area contributed by atoms with E-state index in [1.165, 1.54) is 0 Å². The van der Waals surface area contributed by atoms with Crippen LogP contribution in [0.4, 0.5) is 0 Å². The lowest BCUT2D eigenvalue weighted by atomic mass is 10.0. The lowest BCUT2D eigenvalue weighted by Crippen LogP contribution is -2.39. The van der Waals surface area contributed by atoms with Crippen molar-refractivity contribution >= 4 is 34.2 Å². The molecule has 0 radical (unpaired) electrons. The van der Waals surface area contributed by atoms with Gasteiger partial charge in [-0.25, -0.2) is 0 Å². The molecule has 0 saturated heterocycles. The highest BCUT2D eigenvalue weighted by molar-refractivity contribution is 9.10. The van der Waals surface area contributed by atoms with Gasteiger partial charge in [-0.05, 0) is 24.6 Å². The molecular weight excluding hydrogens is 316 g/mol. The van der Waals surface area contributed by atoms with Crippen molar-refractivity contribution in [2.24, 2.45) is 11.7 Å². The van der Waals surface area contributed by atoms with Crippen molar-refractivity contribution in [1.82, 2.24) is 4.90 Å². The lowest BCUT2D eigenvalue weighted by Gasteiger charge is -2.23. The number of benzene rings is 1. The van der Waals surface area contributed by atoms with Crippen LogP contribution in [0.5, 0.6) is 0 Å². The normalized spacial score (nSPS) is 13.4. The number of amides is 1. The molecule has 0 heterocycles. The number of nitrogens with zero attached hydrogens (tertiary/aromatic N) is 1. The maximum Gasteiger partial charge on any atom is 0.226 e. The van der Waals surface area contributed by atoms with E-state index in [1.807, 2.05) is 45.2 Å². The summed E-state index contributed by atoms with van der Waals surface area (Å²) in [6.07, 6.45) is 0. The largest absolute Gasteiger partial charge is 0.341 e. The van der Waals surface area contributed by atoms with Crippen LogP contribution in [0.15, 0.2) is 28.7 Å².